The lowest BCUT2D eigenvalue weighted by Gasteiger charge is -2.13. The van der Waals surface area contributed by atoms with E-state index < -0.39 is 0 Å². The fourth-order valence-electron chi connectivity index (χ4n) is 0.977. The number of hydrogen-bond acceptors (Lipinski definition) is 3. The van der Waals surface area contributed by atoms with Gasteiger partial charge in [0.15, 0.2) is 0 Å². The van der Waals surface area contributed by atoms with Crippen LogP contribution in [0.15, 0.2) is 5.38 Å². The second-order valence-corrected chi connectivity index (χ2v) is 3.71. The zero-order valence-corrected chi connectivity index (χ0v) is 10.1. The van der Waals surface area contributed by atoms with Crippen LogP contribution in [0.25, 0.3) is 0 Å². The lowest BCUT2D eigenvalue weighted by Crippen LogP contribution is -2.17. The van der Waals surface area contributed by atoms with Crippen LogP contribution in [0.4, 0.5) is 5.82 Å². The first-order valence-corrected chi connectivity index (χ1v) is 5.75. The van der Waals surface area contributed by atoms with Gasteiger partial charge in [-0.2, -0.15) is 0 Å². The smallest absolute Gasteiger partial charge is 0.139 e. The van der Waals surface area contributed by atoms with E-state index in [0.29, 0.717) is 0 Å². The van der Waals surface area contributed by atoms with Crippen molar-refractivity contribution < 1.29 is 0 Å². The van der Waals surface area contributed by atoms with Gasteiger partial charge in [-0.3, -0.25) is 0 Å². The summed E-state index contributed by atoms with van der Waals surface area (Å²) in [5.74, 6) is 1.11. The van der Waals surface area contributed by atoms with Crippen LogP contribution in [0.5, 0.6) is 0 Å². The summed E-state index contributed by atoms with van der Waals surface area (Å²) in [6.45, 7) is 9.30. The molecule has 0 saturated heterocycles. The van der Waals surface area contributed by atoms with Gasteiger partial charge in [0.25, 0.3) is 0 Å². The molecule has 0 radical (unpaired) electrons. The Kier molecular flexibility index (Phi) is 6.59. The molecular formula is C10H20N2S. The second-order valence-electron chi connectivity index (χ2n) is 2.65. The van der Waals surface area contributed by atoms with Crippen LogP contribution >= 0.6 is 11.3 Å². The Hall–Kier alpha value is -0.570. The van der Waals surface area contributed by atoms with Crippen molar-refractivity contribution in [2.75, 3.05) is 18.5 Å². The highest BCUT2D eigenvalue weighted by Crippen LogP contribution is 2.16. The standard InChI is InChI=1S/C8H14N2S.C2H6/c1-4-5-10(3)8-6-11-7(2)9-8;1-2/h6H,4-5H2,1-3H3;1-2H3. The highest BCUT2D eigenvalue weighted by atomic mass is 32.1. The molecule has 0 fully saturated rings. The van der Waals surface area contributed by atoms with Crippen LogP contribution in [0.3, 0.4) is 0 Å². The zero-order chi connectivity index (χ0) is 10.3. The van der Waals surface area contributed by atoms with Gasteiger partial charge >= 0.3 is 0 Å². The summed E-state index contributed by atoms with van der Waals surface area (Å²) in [6, 6.07) is 0. The number of rotatable bonds is 3. The number of aromatic nitrogens is 1. The summed E-state index contributed by atoms with van der Waals surface area (Å²) >= 11 is 1.71. The lowest BCUT2D eigenvalue weighted by atomic mass is 10.4. The first-order valence-electron chi connectivity index (χ1n) is 4.87. The maximum absolute atomic E-state index is 4.37. The minimum absolute atomic E-state index is 1.09. The van der Waals surface area contributed by atoms with Crippen molar-refractivity contribution in [3.8, 4) is 0 Å². The van der Waals surface area contributed by atoms with Crippen molar-refractivity contribution in [3.05, 3.63) is 10.4 Å². The molecule has 1 aromatic heterocycles. The molecule has 0 aliphatic carbocycles. The molecule has 1 rings (SSSR count). The fourth-order valence-corrected chi connectivity index (χ4v) is 1.63. The Morgan fingerprint density at radius 2 is 2.08 bits per heavy atom. The van der Waals surface area contributed by atoms with E-state index in [1.54, 1.807) is 11.3 Å². The highest BCUT2D eigenvalue weighted by molar-refractivity contribution is 7.09. The molecule has 0 spiro atoms. The minimum Gasteiger partial charge on any atom is -0.359 e. The van der Waals surface area contributed by atoms with E-state index in [0.717, 1.165) is 17.4 Å². The van der Waals surface area contributed by atoms with Crippen molar-refractivity contribution in [1.29, 1.82) is 0 Å². The average Bonchev–Trinajstić information content (AvgIpc) is 2.56. The normalized spacial score (nSPS) is 9.00. The molecule has 1 heterocycles. The zero-order valence-electron chi connectivity index (χ0n) is 9.29. The first kappa shape index (κ1) is 12.4. The Labute approximate surface area is 85.6 Å². The average molecular weight is 200 g/mol. The van der Waals surface area contributed by atoms with Gasteiger partial charge in [0, 0.05) is 19.0 Å². The second kappa shape index (κ2) is 6.89. The summed E-state index contributed by atoms with van der Waals surface area (Å²) in [6.07, 6.45) is 1.17. The quantitative estimate of drug-likeness (QED) is 0.744. The van der Waals surface area contributed by atoms with E-state index in [4.69, 9.17) is 0 Å². The van der Waals surface area contributed by atoms with Gasteiger partial charge in [0.1, 0.15) is 5.82 Å². The molecule has 0 aromatic carbocycles. The number of hydrogen-bond donors (Lipinski definition) is 0. The van der Waals surface area contributed by atoms with Gasteiger partial charge in [-0.1, -0.05) is 20.8 Å². The van der Waals surface area contributed by atoms with E-state index in [2.05, 4.69) is 29.2 Å². The van der Waals surface area contributed by atoms with E-state index in [9.17, 15) is 0 Å². The van der Waals surface area contributed by atoms with Crippen molar-refractivity contribution in [1.82, 2.24) is 4.98 Å². The SMILES string of the molecule is CC.CCCN(C)c1csc(C)n1. The van der Waals surface area contributed by atoms with Crippen LogP contribution < -0.4 is 4.90 Å². The number of anilines is 1. The molecule has 0 atom stereocenters. The molecule has 0 bridgehead atoms. The first-order chi connectivity index (χ1) is 6.24. The molecule has 0 aliphatic heterocycles. The molecule has 76 valence electrons. The molecule has 1 aromatic rings. The third-order valence-corrected chi connectivity index (χ3v) is 2.32. The van der Waals surface area contributed by atoms with Crippen molar-refractivity contribution in [2.24, 2.45) is 0 Å². The molecule has 0 N–H and O–H groups in total. The molecule has 0 saturated carbocycles. The third-order valence-electron chi connectivity index (χ3n) is 1.56. The van der Waals surface area contributed by atoms with Crippen molar-refractivity contribution >= 4 is 17.2 Å². The number of thiazole rings is 1. The van der Waals surface area contributed by atoms with Crippen LogP contribution in [-0.2, 0) is 0 Å². The molecule has 0 aliphatic rings. The Morgan fingerprint density at radius 1 is 1.46 bits per heavy atom. The maximum Gasteiger partial charge on any atom is 0.139 e. The highest BCUT2D eigenvalue weighted by Gasteiger charge is 2.01. The summed E-state index contributed by atoms with van der Waals surface area (Å²) in [5, 5.41) is 3.24. The van der Waals surface area contributed by atoms with Crippen LogP contribution in [-0.4, -0.2) is 18.6 Å². The van der Waals surface area contributed by atoms with Gasteiger partial charge in [0.2, 0.25) is 0 Å². The molecule has 2 nitrogen and oxygen atoms in total. The van der Waals surface area contributed by atoms with Gasteiger partial charge < -0.3 is 4.90 Å². The van der Waals surface area contributed by atoms with Gasteiger partial charge in [-0.15, -0.1) is 11.3 Å². The fraction of sp³-hybridized carbons (Fsp3) is 0.700. The Balaban J connectivity index is 0.000000671. The summed E-state index contributed by atoms with van der Waals surface area (Å²) in [4.78, 5) is 6.56. The van der Waals surface area contributed by atoms with Crippen LogP contribution in [0.1, 0.15) is 32.2 Å². The van der Waals surface area contributed by atoms with Gasteiger partial charge in [0.05, 0.1) is 5.01 Å². The van der Waals surface area contributed by atoms with E-state index >= 15 is 0 Å². The van der Waals surface area contributed by atoms with E-state index in [1.165, 1.54) is 6.42 Å². The molecular weight excluding hydrogens is 180 g/mol. The minimum atomic E-state index is 1.09. The predicted molar refractivity (Wildman–Crippen MR) is 61.8 cm³/mol. The molecule has 3 heteroatoms. The predicted octanol–water partition coefficient (Wildman–Crippen LogP) is 3.32. The van der Waals surface area contributed by atoms with Crippen LogP contribution in [0.2, 0.25) is 0 Å². The monoisotopic (exact) mass is 200 g/mol. The molecule has 0 unspecified atom stereocenters. The molecule has 13 heavy (non-hydrogen) atoms. The molecule has 0 amide bonds. The summed E-state index contributed by atoms with van der Waals surface area (Å²) < 4.78 is 0. The van der Waals surface area contributed by atoms with E-state index in [1.807, 2.05) is 20.8 Å². The van der Waals surface area contributed by atoms with Crippen LogP contribution in [0, 0.1) is 6.92 Å². The van der Waals surface area contributed by atoms with E-state index in [-0.39, 0.29) is 0 Å². The largest absolute Gasteiger partial charge is 0.359 e. The number of nitrogens with zero attached hydrogens (tertiary/aromatic N) is 2. The lowest BCUT2D eigenvalue weighted by molar-refractivity contribution is 0.840. The Morgan fingerprint density at radius 3 is 2.46 bits per heavy atom. The number of aryl methyl sites for hydroxylation is 1. The maximum atomic E-state index is 4.37. The van der Waals surface area contributed by atoms with Crippen molar-refractivity contribution in [2.45, 2.75) is 34.1 Å². The Bertz CT molecular complexity index is 220. The summed E-state index contributed by atoms with van der Waals surface area (Å²) in [7, 11) is 2.08. The summed E-state index contributed by atoms with van der Waals surface area (Å²) in [5.41, 5.74) is 0. The third kappa shape index (κ3) is 4.27. The van der Waals surface area contributed by atoms with Crippen molar-refractivity contribution in [3.63, 3.8) is 0 Å². The van der Waals surface area contributed by atoms with Gasteiger partial charge in [-0.25, -0.2) is 4.98 Å². The topological polar surface area (TPSA) is 16.1 Å². The van der Waals surface area contributed by atoms with Gasteiger partial charge in [-0.05, 0) is 13.3 Å².